The number of ether oxygens (including phenoxy) is 1. The molecular formula is C12H12N4O4. The second-order valence-electron chi connectivity index (χ2n) is 4.70. The number of amides is 1. The number of rotatable bonds is 1. The zero-order chi connectivity index (χ0) is 14.4. The van der Waals surface area contributed by atoms with E-state index in [-0.39, 0.29) is 18.2 Å². The molecule has 8 nitrogen and oxygen atoms in total. The van der Waals surface area contributed by atoms with Crippen molar-refractivity contribution < 1.29 is 14.5 Å². The van der Waals surface area contributed by atoms with Gasteiger partial charge in [0.15, 0.2) is 5.84 Å². The van der Waals surface area contributed by atoms with E-state index < -0.39 is 11.0 Å². The monoisotopic (exact) mass is 276 g/mol. The molecule has 2 aliphatic heterocycles. The van der Waals surface area contributed by atoms with Crippen LogP contribution in [0.1, 0.15) is 12.5 Å². The molecule has 0 aliphatic carbocycles. The Morgan fingerprint density at radius 2 is 2.30 bits per heavy atom. The van der Waals surface area contributed by atoms with Gasteiger partial charge >= 0.3 is 0 Å². The molecule has 0 aromatic heterocycles. The number of amidine groups is 1. The van der Waals surface area contributed by atoms with Gasteiger partial charge in [0, 0.05) is 11.6 Å². The van der Waals surface area contributed by atoms with E-state index in [2.05, 4.69) is 10.5 Å². The fraction of sp³-hybridized carbons (Fsp3) is 0.333. The van der Waals surface area contributed by atoms with E-state index in [1.165, 1.54) is 6.07 Å². The molecule has 0 spiro atoms. The second kappa shape index (κ2) is 4.19. The standard InChI is InChI=1S/C12H12N4O4/c1-6-3-10-9(4-8(6)16(18)19)15-7(2)12(17)14-13-11(15)5-20-10/h3-4,7H,5H2,1-2H3,(H,14,17). The first kappa shape index (κ1) is 12.4. The largest absolute Gasteiger partial charge is 0.483 e. The molecule has 8 heteroatoms. The molecule has 0 saturated carbocycles. The van der Waals surface area contributed by atoms with Crippen molar-refractivity contribution in [3.05, 3.63) is 27.8 Å². The number of hydrazone groups is 1. The first-order chi connectivity index (χ1) is 9.49. The number of carbonyl (C=O) groups excluding carboxylic acids is 1. The maximum atomic E-state index is 11.7. The van der Waals surface area contributed by atoms with Gasteiger partial charge in [-0.1, -0.05) is 0 Å². The van der Waals surface area contributed by atoms with E-state index in [0.29, 0.717) is 22.8 Å². The van der Waals surface area contributed by atoms with Gasteiger partial charge in [0.1, 0.15) is 18.4 Å². The first-order valence-electron chi connectivity index (χ1n) is 6.06. The lowest BCUT2D eigenvalue weighted by Gasteiger charge is -2.37. The first-order valence-corrected chi connectivity index (χ1v) is 6.06. The van der Waals surface area contributed by atoms with Crippen LogP contribution in [0.25, 0.3) is 0 Å². The van der Waals surface area contributed by atoms with Gasteiger partial charge in [-0.3, -0.25) is 14.9 Å². The number of fused-ring (bicyclic) bond motifs is 3. The summed E-state index contributed by atoms with van der Waals surface area (Å²) in [6.07, 6.45) is 0. The number of nitrogens with zero attached hydrogens (tertiary/aromatic N) is 3. The number of benzene rings is 1. The molecule has 0 bridgehead atoms. The normalized spacial score (nSPS) is 20.3. The molecule has 1 amide bonds. The maximum absolute atomic E-state index is 11.7. The minimum Gasteiger partial charge on any atom is -0.483 e. The van der Waals surface area contributed by atoms with Crippen LogP contribution in [-0.4, -0.2) is 29.3 Å². The highest BCUT2D eigenvalue weighted by atomic mass is 16.6. The topological polar surface area (TPSA) is 97.1 Å². The number of nitrogens with one attached hydrogen (secondary N) is 1. The zero-order valence-electron chi connectivity index (χ0n) is 10.9. The van der Waals surface area contributed by atoms with E-state index in [1.54, 1.807) is 24.8 Å². The summed E-state index contributed by atoms with van der Waals surface area (Å²) in [4.78, 5) is 24.0. The molecular weight excluding hydrogens is 264 g/mol. The van der Waals surface area contributed by atoms with E-state index in [1.807, 2.05) is 0 Å². The van der Waals surface area contributed by atoms with Crippen molar-refractivity contribution in [1.82, 2.24) is 5.43 Å². The van der Waals surface area contributed by atoms with Gasteiger partial charge in [0.2, 0.25) is 0 Å². The predicted octanol–water partition coefficient (Wildman–Crippen LogP) is 0.934. The number of anilines is 1. The predicted molar refractivity (Wildman–Crippen MR) is 70.8 cm³/mol. The van der Waals surface area contributed by atoms with Crippen molar-refractivity contribution >= 4 is 23.1 Å². The Bertz CT molecular complexity index is 655. The van der Waals surface area contributed by atoms with Crippen LogP contribution in [0.5, 0.6) is 5.75 Å². The summed E-state index contributed by atoms with van der Waals surface area (Å²) in [6, 6.07) is 2.55. The van der Waals surface area contributed by atoms with E-state index >= 15 is 0 Å². The van der Waals surface area contributed by atoms with Crippen molar-refractivity contribution in [2.45, 2.75) is 19.9 Å². The third-order valence-corrected chi connectivity index (χ3v) is 3.43. The number of aryl methyl sites for hydroxylation is 1. The summed E-state index contributed by atoms with van der Waals surface area (Å²) >= 11 is 0. The fourth-order valence-electron chi connectivity index (χ4n) is 2.36. The van der Waals surface area contributed by atoms with Crippen LogP contribution < -0.4 is 15.1 Å². The molecule has 104 valence electrons. The molecule has 1 unspecified atom stereocenters. The molecule has 0 radical (unpaired) electrons. The lowest BCUT2D eigenvalue weighted by Crippen LogP contribution is -2.55. The summed E-state index contributed by atoms with van der Waals surface area (Å²) in [5.74, 6) is 0.793. The minimum atomic E-state index is -0.493. The van der Waals surface area contributed by atoms with Crippen molar-refractivity contribution in [2.75, 3.05) is 11.5 Å². The van der Waals surface area contributed by atoms with Gasteiger partial charge < -0.3 is 9.64 Å². The average Bonchev–Trinajstić information content (AvgIpc) is 2.41. The lowest BCUT2D eigenvalue weighted by atomic mass is 10.1. The van der Waals surface area contributed by atoms with E-state index in [0.717, 1.165) is 0 Å². The Balaban J connectivity index is 2.17. The average molecular weight is 276 g/mol. The van der Waals surface area contributed by atoms with Crippen molar-refractivity contribution in [3.63, 3.8) is 0 Å². The molecule has 0 fully saturated rings. The second-order valence-corrected chi connectivity index (χ2v) is 4.70. The van der Waals surface area contributed by atoms with Gasteiger partial charge in [-0.05, 0) is 19.9 Å². The lowest BCUT2D eigenvalue weighted by molar-refractivity contribution is -0.385. The summed E-state index contributed by atoms with van der Waals surface area (Å²) in [5.41, 5.74) is 3.41. The Kier molecular flexibility index (Phi) is 2.60. The summed E-state index contributed by atoms with van der Waals surface area (Å²) in [5, 5.41) is 15.0. The van der Waals surface area contributed by atoms with Gasteiger partial charge in [0.05, 0.1) is 10.6 Å². The van der Waals surface area contributed by atoms with Crippen LogP contribution in [0.4, 0.5) is 11.4 Å². The smallest absolute Gasteiger partial charge is 0.274 e. The molecule has 1 aromatic rings. The van der Waals surface area contributed by atoms with Crippen LogP contribution >= 0.6 is 0 Å². The van der Waals surface area contributed by atoms with Crippen molar-refractivity contribution in [3.8, 4) is 5.75 Å². The molecule has 0 saturated heterocycles. The van der Waals surface area contributed by atoms with Crippen LogP contribution in [0.15, 0.2) is 17.2 Å². The summed E-state index contributed by atoms with van der Waals surface area (Å²) < 4.78 is 5.55. The Morgan fingerprint density at radius 3 is 3.00 bits per heavy atom. The van der Waals surface area contributed by atoms with Crippen molar-refractivity contribution in [1.29, 1.82) is 0 Å². The van der Waals surface area contributed by atoms with Crippen LogP contribution in [0, 0.1) is 17.0 Å². The highest BCUT2D eigenvalue weighted by Gasteiger charge is 2.36. The van der Waals surface area contributed by atoms with Gasteiger partial charge in [-0.25, -0.2) is 5.43 Å². The number of hydrogen-bond acceptors (Lipinski definition) is 6. The molecule has 2 aliphatic rings. The molecule has 2 heterocycles. The molecule has 1 N–H and O–H groups in total. The van der Waals surface area contributed by atoms with Gasteiger partial charge in [0.25, 0.3) is 11.6 Å². The zero-order valence-corrected chi connectivity index (χ0v) is 10.9. The third-order valence-electron chi connectivity index (χ3n) is 3.43. The quantitative estimate of drug-likeness (QED) is 0.608. The summed E-state index contributed by atoms with van der Waals surface area (Å²) in [6.45, 7) is 3.58. The number of nitro groups is 1. The Hall–Kier alpha value is -2.64. The highest BCUT2D eigenvalue weighted by molar-refractivity contribution is 6.09. The Labute approximate surface area is 114 Å². The highest BCUT2D eigenvalue weighted by Crippen LogP contribution is 2.39. The molecule has 1 atom stereocenters. The van der Waals surface area contributed by atoms with Gasteiger partial charge in [-0.2, -0.15) is 5.10 Å². The molecule has 1 aromatic carbocycles. The number of hydrogen-bond donors (Lipinski definition) is 1. The number of carbonyl (C=O) groups is 1. The number of nitro benzene ring substituents is 1. The fourth-order valence-corrected chi connectivity index (χ4v) is 2.36. The van der Waals surface area contributed by atoms with Crippen LogP contribution in [0.3, 0.4) is 0 Å². The minimum absolute atomic E-state index is 0.00761. The Morgan fingerprint density at radius 1 is 1.55 bits per heavy atom. The van der Waals surface area contributed by atoms with Crippen molar-refractivity contribution in [2.24, 2.45) is 5.10 Å². The third kappa shape index (κ3) is 1.68. The van der Waals surface area contributed by atoms with E-state index in [4.69, 9.17) is 4.74 Å². The van der Waals surface area contributed by atoms with Gasteiger partial charge in [-0.15, -0.1) is 0 Å². The molecule has 3 rings (SSSR count). The molecule has 20 heavy (non-hydrogen) atoms. The van der Waals surface area contributed by atoms with Crippen LogP contribution in [0.2, 0.25) is 0 Å². The van der Waals surface area contributed by atoms with E-state index in [9.17, 15) is 14.9 Å². The van der Waals surface area contributed by atoms with Crippen LogP contribution in [-0.2, 0) is 4.79 Å². The maximum Gasteiger partial charge on any atom is 0.274 e. The SMILES string of the molecule is Cc1cc2c(cc1[N+](=O)[O-])N1C(=NNC(=O)C1C)CO2. The summed E-state index contributed by atoms with van der Waals surface area (Å²) in [7, 11) is 0.